The summed E-state index contributed by atoms with van der Waals surface area (Å²) in [6.45, 7) is 1.59. The van der Waals surface area contributed by atoms with Gasteiger partial charge in [0.2, 0.25) is 5.91 Å². The van der Waals surface area contributed by atoms with Gasteiger partial charge in [0.15, 0.2) is 0 Å². The predicted molar refractivity (Wildman–Crippen MR) is 118 cm³/mol. The van der Waals surface area contributed by atoms with Crippen LogP contribution >= 0.6 is 0 Å². The summed E-state index contributed by atoms with van der Waals surface area (Å²) in [7, 11) is 2.91. The number of carboxylic acid groups (broad SMARTS) is 1. The lowest BCUT2D eigenvalue weighted by Crippen LogP contribution is -2.51. The van der Waals surface area contributed by atoms with E-state index >= 15 is 0 Å². The van der Waals surface area contributed by atoms with E-state index in [9.17, 15) is 14.4 Å². The van der Waals surface area contributed by atoms with Crippen molar-refractivity contribution < 1.29 is 29.0 Å². The zero-order valence-electron chi connectivity index (χ0n) is 18.4. The van der Waals surface area contributed by atoms with E-state index in [2.05, 4.69) is 17.4 Å². The van der Waals surface area contributed by atoms with Crippen LogP contribution in [0.15, 0.2) is 48.5 Å². The molecule has 0 saturated carbocycles. The maximum atomic E-state index is 12.7. The highest BCUT2D eigenvalue weighted by molar-refractivity contribution is 5.86. The molecule has 170 valence electrons. The number of carboxylic acids is 1. The summed E-state index contributed by atoms with van der Waals surface area (Å²) in [5.41, 5.74) is 4.43. The smallest absolute Gasteiger partial charge is 0.407 e. The van der Waals surface area contributed by atoms with Gasteiger partial charge in [-0.2, -0.15) is 0 Å². The number of ether oxygens (including phenoxy) is 2. The SMILES string of the molecule is COC[C@H](NC(=O)OCC1c2ccccc2-c2ccccc21)C(=O)N(C)CC(C)C(=O)O. The highest BCUT2D eigenvalue weighted by Gasteiger charge is 2.30. The van der Waals surface area contributed by atoms with Crippen LogP contribution in [0.5, 0.6) is 0 Å². The average molecular weight is 440 g/mol. The van der Waals surface area contributed by atoms with Gasteiger partial charge in [-0.25, -0.2) is 4.79 Å². The van der Waals surface area contributed by atoms with Crippen LogP contribution in [0.3, 0.4) is 0 Å². The number of rotatable bonds is 9. The number of hydrogen-bond donors (Lipinski definition) is 2. The van der Waals surface area contributed by atoms with Gasteiger partial charge < -0.3 is 24.8 Å². The largest absolute Gasteiger partial charge is 0.481 e. The Morgan fingerprint density at radius 3 is 2.16 bits per heavy atom. The Labute approximate surface area is 187 Å². The zero-order valence-corrected chi connectivity index (χ0v) is 18.4. The summed E-state index contributed by atoms with van der Waals surface area (Å²) in [5.74, 6) is -2.28. The lowest BCUT2D eigenvalue weighted by atomic mass is 9.98. The lowest BCUT2D eigenvalue weighted by Gasteiger charge is -2.25. The molecule has 0 bridgehead atoms. The molecule has 2 amide bonds. The molecule has 8 heteroatoms. The van der Waals surface area contributed by atoms with E-state index in [1.165, 1.54) is 26.0 Å². The number of methoxy groups -OCH3 is 1. The summed E-state index contributed by atoms with van der Waals surface area (Å²) in [4.78, 5) is 37.5. The fourth-order valence-corrected chi connectivity index (χ4v) is 3.97. The number of amides is 2. The van der Waals surface area contributed by atoms with Crippen LogP contribution in [0, 0.1) is 5.92 Å². The first-order chi connectivity index (χ1) is 15.3. The van der Waals surface area contributed by atoms with Crippen molar-refractivity contribution in [3.8, 4) is 11.1 Å². The Bertz CT molecular complexity index is 946. The Balaban J connectivity index is 1.64. The minimum Gasteiger partial charge on any atom is -0.481 e. The topological polar surface area (TPSA) is 105 Å². The Morgan fingerprint density at radius 1 is 1.06 bits per heavy atom. The normalized spacial score (nSPS) is 14.1. The number of aliphatic carboxylic acids is 1. The number of nitrogens with zero attached hydrogens (tertiary/aromatic N) is 1. The van der Waals surface area contributed by atoms with Crippen LogP contribution in [-0.4, -0.2) is 67.9 Å². The monoisotopic (exact) mass is 440 g/mol. The summed E-state index contributed by atoms with van der Waals surface area (Å²) < 4.78 is 10.6. The molecule has 2 aromatic rings. The number of benzene rings is 2. The quantitative estimate of drug-likeness (QED) is 0.621. The molecule has 1 aliphatic carbocycles. The Kier molecular flexibility index (Phi) is 7.48. The van der Waals surface area contributed by atoms with Gasteiger partial charge in [-0.05, 0) is 22.3 Å². The second-order valence-electron chi connectivity index (χ2n) is 7.94. The molecule has 0 aliphatic heterocycles. The zero-order chi connectivity index (χ0) is 23.3. The third-order valence-corrected chi connectivity index (χ3v) is 5.61. The fraction of sp³-hybridized carbons (Fsp3) is 0.375. The van der Waals surface area contributed by atoms with Crippen molar-refractivity contribution >= 4 is 18.0 Å². The van der Waals surface area contributed by atoms with Crippen molar-refractivity contribution in [3.05, 3.63) is 59.7 Å². The molecule has 8 nitrogen and oxygen atoms in total. The van der Waals surface area contributed by atoms with E-state index in [1.807, 2.05) is 36.4 Å². The summed E-state index contributed by atoms with van der Waals surface area (Å²) in [5, 5.41) is 11.6. The number of fused-ring (bicyclic) bond motifs is 3. The highest BCUT2D eigenvalue weighted by Crippen LogP contribution is 2.44. The molecule has 0 saturated heterocycles. The molecule has 2 N–H and O–H groups in total. The molecule has 1 unspecified atom stereocenters. The van der Waals surface area contributed by atoms with Crippen molar-refractivity contribution in [1.82, 2.24) is 10.2 Å². The Morgan fingerprint density at radius 2 is 1.62 bits per heavy atom. The number of alkyl carbamates (subject to hydrolysis) is 1. The van der Waals surface area contributed by atoms with Crippen molar-refractivity contribution in [1.29, 1.82) is 0 Å². The van der Waals surface area contributed by atoms with E-state index in [0.717, 1.165) is 22.3 Å². The molecule has 0 radical (unpaired) electrons. The van der Waals surface area contributed by atoms with Crippen molar-refractivity contribution in [3.63, 3.8) is 0 Å². The first kappa shape index (κ1) is 23.3. The second-order valence-corrected chi connectivity index (χ2v) is 7.94. The molecule has 0 heterocycles. The lowest BCUT2D eigenvalue weighted by molar-refractivity contribution is -0.143. The molecule has 32 heavy (non-hydrogen) atoms. The maximum absolute atomic E-state index is 12.7. The first-order valence-electron chi connectivity index (χ1n) is 10.4. The van der Waals surface area contributed by atoms with Crippen LogP contribution < -0.4 is 5.32 Å². The average Bonchev–Trinajstić information content (AvgIpc) is 3.10. The maximum Gasteiger partial charge on any atom is 0.407 e. The number of hydrogen-bond acceptors (Lipinski definition) is 5. The van der Waals surface area contributed by atoms with Crippen LogP contribution in [-0.2, 0) is 19.1 Å². The summed E-state index contributed by atoms with van der Waals surface area (Å²) in [6.07, 6.45) is -0.734. The fourth-order valence-electron chi connectivity index (χ4n) is 3.97. The molecular formula is C24H28N2O6. The van der Waals surface area contributed by atoms with E-state index in [0.29, 0.717) is 0 Å². The van der Waals surface area contributed by atoms with Gasteiger partial charge >= 0.3 is 12.1 Å². The number of nitrogens with one attached hydrogen (secondary N) is 1. The summed E-state index contributed by atoms with van der Waals surface area (Å²) in [6, 6.07) is 15.0. The first-order valence-corrected chi connectivity index (χ1v) is 10.4. The third-order valence-electron chi connectivity index (χ3n) is 5.61. The van der Waals surface area contributed by atoms with Crippen LogP contribution in [0.1, 0.15) is 24.0 Å². The van der Waals surface area contributed by atoms with E-state index < -0.39 is 29.9 Å². The molecule has 3 rings (SSSR count). The Hall–Kier alpha value is -3.39. The van der Waals surface area contributed by atoms with Crippen LogP contribution in [0.25, 0.3) is 11.1 Å². The van der Waals surface area contributed by atoms with E-state index in [1.54, 1.807) is 0 Å². The molecule has 2 aromatic carbocycles. The minimum absolute atomic E-state index is 0.0146. The van der Waals surface area contributed by atoms with Gasteiger partial charge in [-0.1, -0.05) is 55.5 Å². The van der Waals surface area contributed by atoms with Crippen LogP contribution in [0.4, 0.5) is 4.79 Å². The van der Waals surface area contributed by atoms with Crippen LogP contribution in [0.2, 0.25) is 0 Å². The van der Waals surface area contributed by atoms with Crippen molar-refractivity contribution in [2.75, 3.05) is 33.9 Å². The van der Waals surface area contributed by atoms with Gasteiger partial charge in [0, 0.05) is 26.6 Å². The molecule has 0 spiro atoms. The van der Waals surface area contributed by atoms with Gasteiger partial charge in [0.25, 0.3) is 0 Å². The molecule has 0 fully saturated rings. The third kappa shape index (κ3) is 5.08. The molecule has 0 aromatic heterocycles. The van der Waals surface area contributed by atoms with Gasteiger partial charge in [-0.3, -0.25) is 9.59 Å². The van der Waals surface area contributed by atoms with E-state index in [4.69, 9.17) is 14.6 Å². The highest BCUT2D eigenvalue weighted by atomic mass is 16.5. The van der Waals surface area contributed by atoms with Crippen molar-refractivity contribution in [2.45, 2.75) is 18.9 Å². The standard InChI is InChI=1S/C24H28N2O6/c1-15(23(28)29)12-26(2)22(27)21(14-31-3)25-24(30)32-13-20-18-10-6-4-8-16(18)17-9-5-7-11-19(17)20/h4-11,15,20-21H,12-14H2,1-3H3,(H,25,30)(H,28,29)/t15?,21-/m0/s1. The number of likely N-dealkylation sites (N-methyl/N-ethyl adjacent to an activating group) is 1. The van der Waals surface area contributed by atoms with Gasteiger partial charge in [0.05, 0.1) is 12.5 Å². The molecule has 2 atom stereocenters. The van der Waals surface area contributed by atoms with E-state index in [-0.39, 0.29) is 25.7 Å². The summed E-state index contributed by atoms with van der Waals surface area (Å²) >= 11 is 0. The minimum atomic E-state index is -1.00. The van der Waals surface area contributed by atoms with Gasteiger partial charge in [-0.15, -0.1) is 0 Å². The molecule has 1 aliphatic rings. The number of carbonyl (C=O) groups is 3. The van der Waals surface area contributed by atoms with Gasteiger partial charge in [0.1, 0.15) is 12.6 Å². The molecular weight excluding hydrogens is 412 g/mol. The van der Waals surface area contributed by atoms with Crippen molar-refractivity contribution in [2.24, 2.45) is 5.92 Å². The second kappa shape index (κ2) is 10.3. The predicted octanol–water partition coefficient (Wildman–Crippen LogP) is 2.72. The number of carbonyl (C=O) groups excluding carboxylic acids is 2.